The molecule has 21 heavy (non-hydrogen) atoms. The van der Waals surface area contributed by atoms with Crippen molar-refractivity contribution < 1.29 is 22.7 Å². The second kappa shape index (κ2) is 7.82. The average molecular weight is 305 g/mol. The van der Waals surface area contributed by atoms with Crippen LogP contribution in [0.4, 0.5) is 13.2 Å². The molecule has 0 spiro atoms. The molecule has 118 valence electrons. The Labute approximate surface area is 120 Å². The molecule has 3 N–H and O–H groups in total. The van der Waals surface area contributed by atoms with Crippen LogP contribution in [0.5, 0.6) is 5.75 Å². The zero-order valence-electron chi connectivity index (χ0n) is 11.6. The highest BCUT2D eigenvalue weighted by atomic mass is 19.4. The Balaban J connectivity index is 2.37. The van der Waals surface area contributed by atoms with Crippen LogP contribution in [0, 0.1) is 0 Å². The van der Waals surface area contributed by atoms with E-state index in [0.717, 1.165) is 12.1 Å². The molecule has 1 amide bonds. The van der Waals surface area contributed by atoms with E-state index in [1.54, 1.807) is 17.4 Å². The molecule has 0 bridgehead atoms. The maximum atomic E-state index is 11.9. The van der Waals surface area contributed by atoms with E-state index in [1.165, 1.54) is 6.20 Å². The van der Waals surface area contributed by atoms with Gasteiger partial charge in [-0.05, 0) is 18.6 Å². The van der Waals surface area contributed by atoms with Gasteiger partial charge in [0.1, 0.15) is 12.3 Å². The van der Waals surface area contributed by atoms with E-state index < -0.39 is 25.2 Å². The van der Waals surface area contributed by atoms with Crippen molar-refractivity contribution in [2.75, 3.05) is 13.2 Å². The van der Waals surface area contributed by atoms with Gasteiger partial charge in [0.05, 0.1) is 6.20 Å². The van der Waals surface area contributed by atoms with E-state index >= 15 is 0 Å². The number of nitrogens with two attached hydrogens (primary N) is 1. The molecule has 8 heteroatoms. The summed E-state index contributed by atoms with van der Waals surface area (Å²) in [6, 6.07) is 3.33. The molecule has 1 aromatic heterocycles. The van der Waals surface area contributed by atoms with Gasteiger partial charge in [0.15, 0.2) is 6.61 Å². The Morgan fingerprint density at radius 2 is 2.19 bits per heavy atom. The Morgan fingerprint density at radius 1 is 1.48 bits per heavy atom. The van der Waals surface area contributed by atoms with Crippen molar-refractivity contribution in [3.8, 4) is 5.75 Å². The van der Waals surface area contributed by atoms with Crippen LogP contribution in [0.25, 0.3) is 0 Å². The number of hydrogen-bond donors (Lipinski definition) is 2. The van der Waals surface area contributed by atoms with Crippen LogP contribution in [-0.2, 0) is 11.2 Å². The smallest absolute Gasteiger partial charge is 0.405 e. The van der Waals surface area contributed by atoms with E-state index in [1.807, 2.05) is 6.92 Å². The number of nitrogens with one attached hydrogen (secondary N) is 1. The number of alkyl halides is 3. The van der Waals surface area contributed by atoms with E-state index in [0.29, 0.717) is 12.2 Å². The molecule has 1 atom stereocenters. The molecule has 5 nitrogen and oxygen atoms in total. The minimum Gasteiger partial charge on any atom is -0.482 e. The summed E-state index contributed by atoms with van der Waals surface area (Å²) >= 11 is 0. The number of carbonyl (C=O) groups is 1. The molecule has 0 aliphatic carbocycles. The van der Waals surface area contributed by atoms with Gasteiger partial charge in [-0.25, -0.2) is 0 Å². The summed E-state index contributed by atoms with van der Waals surface area (Å²) < 4.78 is 40.7. The summed E-state index contributed by atoms with van der Waals surface area (Å²) in [7, 11) is 0. The number of carbonyl (C=O) groups excluding carboxylic acids is 1. The molecule has 1 rings (SSSR count). The third kappa shape index (κ3) is 7.50. The van der Waals surface area contributed by atoms with Crippen LogP contribution >= 0.6 is 0 Å². The lowest BCUT2D eigenvalue weighted by Gasteiger charge is -2.10. The molecule has 1 unspecified atom stereocenters. The predicted molar refractivity (Wildman–Crippen MR) is 70.8 cm³/mol. The summed E-state index contributed by atoms with van der Waals surface area (Å²) in [5.74, 6) is -0.532. The van der Waals surface area contributed by atoms with Crippen LogP contribution < -0.4 is 15.8 Å². The van der Waals surface area contributed by atoms with E-state index in [9.17, 15) is 18.0 Å². The Bertz CT molecular complexity index is 449. The summed E-state index contributed by atoms with van der Waals surface area (Å²) in [5.41, 5.74) is 6.58. The number of ether oxygens (including phenoxy) is 1. The summed E-state index contributed by atoms with van der Waals surface area (Å²) in [5, 5.41) is 1.71. The number of pyridine rings is 1. The van der Waals surface area contributed by atoms with Gasteiger partial charge < -0.3 is 15.8 Å². The lowest BCUT2D eigenvalue weighted by molar-refractivity contribution is -0.139. The zero-order valence-corrected chi connectivity index (χ0v) is 11.6. The monoisotopic (exact) mass is 305 g/mol. The zero-order chi connectivity index (χ0) is 15.9. The Morgan fingerprint density at radius 3 is 2.71 bits per heavy atom. The second-order valence-electron chi connectivity index (χ2n) is 4.54. The van der Waals surface area contributed by atoms with E-state index in [2.05, 4.69) is 4.98 Å². The number of nitrogens with zero attached hydrogens (tertiary/aromatic N) is 1. The summed E-state index contributed by atoms with van der Waals surface area (Å²) in [6.07, 6.45) is -1.56. The minimum absolute atomic E-state index is 0.0254. The highest BCUT2D eigenvalue weighted by Crippen LogP contribution is 2.12. The van der Waals surface area contributed by atoms with Crippen molar-refractivity contribution in [1.82, 2.24) is 10.3 Å². The van der Waals surface area contributed by atoms with Crippen LogP contribution in [-0.4, -0.2) is 36.3 Å². The van der Waals surface area contributed by atoms with Crippen molar-refractivity contribution in [3.63, 3.8) is 0 Å². The third-order valence-corrected chi connectivity index (χ3v) is 2.65. The SMILES string of the molecule is CCC(N)Cc1ccc(OCC(=O)NCC(F)(F)F)cn1. The number of rotatable bonds is 7. The lowest BCUT2D eigenvalue weighted by atomic mass is 10.1. The van der Waals surface area contributed by atoms with E-state index in [4.69, 9.17) is 10.5 Å². The third-order valence-electron chi connectivity index (χ3n) is 2.65. The highest BCUT2D eigenvalue weighted by molar-refractivity contribution is 5.77. The van der Waals surface area contributed by atoms with Crippen LogP contribution in [0.15, 0.2) is 18.3 Å². The largest absolute Gasteiger partial charge is 0.482 e. The van der Waals surface area contributed by atoms with Gasteiger partial charge in [0, 0.05) is 18.2 Å². The van der Waals surface area contributed by atoms with Crippen molar-refractivity contribution in [2.45, 2.75) is 32.0 Å². The maximum Gasteiger partial charge on any atom is 0.405 e. The fourth-order valence-electron chi connectivity index (χ4n) is 1.43. The van der Waals surface area contributed by atoms with E-state index in [-0.39, 0.29) is 6.04 Å². The van der Waals surface area contributed by atoms with Gasteiger partial charge in [0.25, 0.3) is 5.91 Å². The van der Waals surface area contributed by atoms with Gasteiger partial charge in [-0.2, -0.15) is 13.2 Å². The van der Waals surface area contributed by atoms with Gasteiger partial charge >= 0.3 is 6.18 Å². The molecular weight excluding hydrogens is 287 g/mol. The van der Waals surface area contributed by atoms with Crippen molar-refractivity contribution in [1.29, 1.82) is 0 Å². The van der Waals surface area contributed by atoms with Gasteiger partial charge in [0.2, 0.25) is 0 Å². The van der Waals surface area contributed by atoms with Crippen LogP contribution in [0.2, 0.25) is 0 Å². The first-order valence-corrected chi connectivity index (χ1v) is 6.47. The molecular formula is C13H18F3N3O2. The standard InChI is InChI=1S/C13H18F3N3O2/c1-2-9(17)5-10-3-4-11(6-18-10)21-7-12(20)19-8-13(14,15)16/h3-4,6,9H,2,5,7-8,17H2,1H3,(H,19,20). The van der Waals surface area contributed by atoms with Crippen molar-refractivity contribution in [2.24, 2.45) is 5.73 Å². The topological polar surface area (TPSA) is 77.2 Å². The summed E-state index contributed by atoms with van der Waals surface area (Å²) in [6.45, 7) is 0.106. The minimum atomic E-state index is -4.43. The maximum absolute atomic E-state index is 11.9. The van der Waals surface area contributed by atoms with Gasteiger partial charge in [-0.15, -0.1) is 0 Å². The number of halogens is 3. The highest BCUT2D eigenvalue weighted by Gasteiger charge is 2.27. The van der Waals surface area contributed by atoms with Gasteiger partial charge in [-0.1, -0.05) is 6.92 Å². The lowest BCUT2D eigenvalue weighted by Crippen LogP contribution is -2.36. The molecule has 0 aliphatic rings. The van der Waals surface area contributed by atoms with Gasteiger partial charge in [-0.3, -0.25) is 9.78 Å². The first-order valence-electron chi connectivity index (χ1n) is 6.47. The molecule has 0 saturated carbocycles. The second-order valence-corrected chi connectivity index (χ2v) is 4.54. The summed E-state index contributed by atoms with van der Waals surface area (Å²) in [4.78, 5) is 15.3. The molecule has 0 radical (unpaired) electrons. The predicted octanol–water partition coefficient (Wildman–Crippen LogP) is 1.42. The van der Waals surface area contributed by atoms with Crippen LogP contribution in [0.3, 0.4) is 0 Å². The molecule has 1 aromatic rings. The number of aromatic nitrogens is 1. The average Bonchev–Trinajstić information content (AvgIpc) is 2.43. The Hall–Kier alpha value is -1.83. The number of hydrogen-bond acceptors (Lipinski definition) is 4. The fraction of sp³-hybridized carbons (Fsp3) is 0.538. The first-order chi connectivity index (χ1) is 9.80. The van der Waals surface area contributed by atoms with Crippen LogP contribution in [0.1, 0.15) is 19.0 Å². The Kier molecular flexibility index (Phi) is 6.41. The molecule has 0 fully saturated rings. The fourth-order valence-corrected chi connectivity index (χ4v) is 1.43. The molecule has 0 aliphatic heterocycles. The molecule has 1 heterocycles. The normalized spacial score (nSPS) is 12.8. The molecule has 0 aromatic carbocycles. The molecule has 0 saturated heterocycles. The quantitative estimate of drug-likeness (QED) is 0.798. The van der Waals surface area contributed by atoms with Crippen molar-refractivity contribution >= 4 is 5.91 Å². The first kappa shape index (κ1) is 17.2. The number of amides is 1. The van der Waals surface area contributed by atoms with Crippen molar-refractivity contribution in [3.05, 3.63) is 24.0 Å².